The monoisotopic (exact) mass is 369 g/mol. The maximum Gasteiger partial charge on any atom is 0.0255 e. The fraction of sp³-hybridized carbons (Fsp3) is 1.00. The van der Waals surface area contributed by atoms with Crippen LogP contribution >= 0.6 is 27.5 Å². The van der Waals surface area contributed by atoms with E-state index < -0.39 is 0 Å². The van der Waals surface area contributed by atoms with Crippen molar-refractivity contribution in [1.82, 2.24) is 6.15 Å². The van der Waals surface area contributed by atoms with Gasteiger partial charge in [-0.1, -0.05) is 81.1 Å². The molecule has 0 bridgehead atoms. The largest absolute Gasteiger partial charge is 0.344 e. The molecule has 0 fully saturated rings. The highest BCUT2D eigenvalue weighted by Crippen LogP contribution is 2.35. The highest BCUT2D eigenvalue weighted by Gasteiger charge is 2.26. The second-order valence-electron chi connectivity index (χ2n) is 6.24. The summed E-state index contributed by atoms with van der Waals surface area (Å²) >= 11 is 9.69. The normalized spacial score (nSPS) is 15.4. The molecule has 0 amide bonds. The molecule has 0 aromatic rings. The van der Waals surface area contributed by atoms with Crippen LogP contribution in [0.4, 0.5) is 0 Å². The van der Waals surface area contributed by atoms with E-state index in [2.05, 4.69) is 36.7 Å². The zero-order chi connectivity index (χ0) is 14.6. The first-order chi connectivity index (χ1) is 9.04. The van der Waals surface area contributed by atoms with Gasteiger partial charge in [-0.15, -0.1) is 11.6 Å². The highest BCUT2D eigenvalue weighted by molar-refractivity contribution is 9.10. The molecule has 3 heteroatoms. The minimum Gasteiger partial charge on any atom is -0.344 e. The molecule has 124 valence electrons. The van der Waals surface area contributed by atoms with Gasteiger partial charge >= 0.3 is 0 Å². The molecule has 2 atom stereocenters. The van der Waals surface area contributed by atoms with Gasteiger partial charge in [0.05, 0.1) is 0 Å². The number of rotatable bonds is 13. The van der Waals surface area contributed by atoms with Crippen LogP contribution in [0, 0.1) is 5.92 Å². The molecule has 0 rings (SSSR count). The van der Waals surface area contributed by atoms with E-state index in [0.29, 0.717) is 0 Å². The van der Waals surface area contributed by atoms with Crippen molar-refractivity contribution in [3.8, 4) is 0 Å². The standard InChI is InChI=1S/C17H34BrCl.H3N/c1-4-5-6-7-8-9-10-11-13-16(2)17(3,18)14-12-15-19;/h16H,4-15H2,1-3H3;1H3. The maximum atomic E-state index is 5.79. The molecule has 0 aromatic heterocycles. The third kappa shape index (κ3) is 12.5. The Kier molecular flexibility index (Phi) is 16.9. The van der Waals surface area contributed by atoms with Gasteiger partial charge in [0, 0.05) is 10.2 Å². The zero-order valence-electron chi connectivity index (χ0n) is 14.0. The Labute approximate surface area is 141 Å². The van der Waals surface area contributed by atoms with Crippen LogP contribution in [0.25, 0.3) is 0 Å². The summed E-state index contributed by atoms with van der Waals surface area (Å²) in [4.78, 5) is 0. The first-order valence-corrected chi connectivity index (χ1v) is 9.62. The van der Waals surface area contributed by atoms with Crippen molar-refractivity contribution in [2.45, 2.75) is 95.7 Å². The lowest BCUT2D eigenvalue weighted by molar-refractivity contribution is 0.374. The molecule has 1 nitrogen and oxygen atoms in total. The summed E-state index contributed by atoms with van der Waals surface area (Å²) in [6.45, 7) is 6.99. The quantitative estimate of drug-likeness (QED) is 0.264. The van der Waals surface area contributed by atoms with E-state index in [1.54, 1.807) is 0 Å². The molecule has 2 unspecified atom stereocenters. The van der Waals surface area contributed by atoms with Gasteiger partial charge in [-0.05, 0) is 32.1 Å². The van der Waals surface area contributed by atoms with E-state index in [-0.39, 0.29) is 10.5 Å². The highest BCUT2D eigenvalue weighted by atomic mass is 79.9. The first kappa shape index (κ1) is 23.0. The van der Waals surface area contributed by atoms with Gasteiger partial charge in [0.15, 0.2) is 0 Å². The summed E-state index contributed by atoms with van der Waals surface area (Å²) in [5.41, 5.74) is 0. The Morgan fingerprint density at radius 3 is 1.95 bits per heavy atom. The molecular formula is C17H37BrClN. The van der Waals surface area contributed by atoms with Crippen LogP contribution < -0.4 is 6.15 Å². The van der Waals surface area contributed by atoms with E-state index in [4.69, 9.17) is 11.6 Å². The van der Waals surface area contributed by atoms with Gasteiger partial charge in [0.2, 0.25) is 0 Å². The van der Waals surface area contributed by atoms with Crippen LogP contribution in [0.3, 0.4) is 0 Å². The van der Waals surface area contributed by atoms with Gasteiger partial charge in [0.1, 0.15) is 0 Å². The van der Waals surface area contributed by atoms with Crippen molar-refractivity contribution < 1.29 is 0 Å². The van der Waals surface area contributed by atoms with Crippen molar-refractivity contribution in [2.75, 3.05) is 5.88 Å². The maximum absolute atomic E-state index is 5.79. The average molecular weight is 371 g/mol. The lowest BCUT2D eigenvalue weighted by Gasteiger charge is -2.29. The van der Waals surface area contributed by atoms with Crippen LogP contribution in [0.1, 0.15) is 91.4 Å². The number of hydrogen-bond donors (Lipinski definition) is 1. The SMILES string of the molecule is CCCCCCCCCCC(C)C(C)(Br)CCCCl.N. The molecule has 0 spiro atoms. The smallest absolute Gasteiger partial charge is 0.0255 e. The van der Waals surface area contributed by atoms with Crippen LogP contribution in [0.15, 0.2) is 0 Å². The van der Waals surface area contributed by atoms with Crippen LogP contribution in [-0.4, -0.2) is 10.2 Å². The van der Waals surface area contributed by atoms with Crippen LogP contribution in [0.5, 0.6) is 0 Å². The topological polar surface area (TPSA) is 35.0 Å². The summed E-state index contributed by atoms with van der Waals surface area (Å²) in [5, 5.41) is 0. The van der Waals surface area contributed by atoms with Crippen molar-refractivity contribution in [3.05, 3.63) is 0 Å². The Morgan fingerprint density at radius 1 is 0.950 bits per heavy atom. The average Bonchev–Trinajstić information content (AvgIpc) is 2.39. The number of alkyl halides is 2. The van der Waals surface area contributed by atoms with Gasteiger partial charge in [-0.2, -0.15) is 0 Å². The van der Waals surface area contributed by atoms with Crippen molar-refractivity contribution in [1.29, 1.82) is 0 Å². The molecular weight excluding hydrogens is 334 g/mol. The minimum atomic E-state index is 0. The predicted octanol–water partition coefficient (Wildman–Crippen LogP) is 7.49. The van der Waals surface area contributed by atoms with Crippen LogP contribution in [-0.2, 0) is 0 Å². The number of halogens is 2. The summed E-state index contributed by atoms with van der Waals surface area (Å²) in [5.74, 6) is 1.53. The van der Waals surface area contributed by atoms with Crippen molar-refractivity contribution in [3.63, 3.8) is 0 Å². The fourth-order valence-electron chi connectivity index (χ4n) is 2.54. The third-order valence-corrected chi connectivity index (χ3v) is 5.76. The third-order valence-electron chi connectivity index (χ3n) is 4.32. The fourth-order valence-corrected chi connectivity index (χ4v) is 3.19. The zero-order valence-corrected chi connectivity index (χ0v) is 16.4. The Balaban J connectivity index is 0. The Bertz CT molecular complexity index is 197. The molecule has 0 saturated carbocycles. The van der Waals surface area contributed by atoms with Gasteiger partial charge in [-0.25, -0.2) is 0 Å². The lowest BCUT2D eigenvalue weighted by atomic mass is 9.87. The Hall–Kier alpha value is 0.730. The molecule has 0 aliphatic heterocycles. The van der Waals surface area contributed by atoms with Gasteiger partial charge < -0.3 is 6.15 Å². The summed E-state index contributed by atoms with van der Waals surface area (Å²) in [7, 11) is 0. The molecule has 0 aliphatic carbocycles. The molecule has 0 aliphatic rings. The molecule has 0 radical (unpaired) electrons. The Morgan fingerprint density at radius 2 is 1.45 bits per heavy atom. The minimum absolute atomic E-state index is 0. The van der Waals surface area contributed by atoms with Crippen molar-refractivity contribution >= 4 is 27.5 Å². The van der Waals surface area contributed by atoms with Crippen LogP contribution in [0.2, 0.25) is 0 Å². The summed E-state index contributed by atoms with van der Waals surface area (Å²) in [6, 6.07) is 0. The van der Waals surface area contributed by atoms with E-state index in [1.807, 2.05) is 0 Å². The molecule has 0 aromatic carbocycles. The van der Waals surface area contributed by atoms with E-state index in [0.717, 1.165) is 18.2 Å². The van der Waals surface area contributed by atoms with E-state index in [9.17, 15) is 0 Å². The lowest BCUT2D eigenvalue weighted by Crippen LogP contribution is -2.25. The number of hydrogen-bond acceptors (Lipinski definition) is 1. The first-order valence-electron chi connectivity index (χ1n) is 8.29. The van der Waals surface area contributed by atoms with E-state index in [1.165, 1.54) is 64.2 Å². The summed E-state index contributed by atoms with van der Waals surface area (Å²) < 4.78 is 0.281. The second kappa shape index (κ2) is 14.7. The summed E-state index contributed by atoms with van der Waals surface area (Å²) in [6.07, 6.45) is 15.0. The number of unbranched alkanes of at least 4 members (excludes halogenated alkanes) is 7. The molecule has 3 N–H and O–H groups in total. The van der Waals surface area contributed by atoms with E-state index >= 15 is 0 Å². The second-order valence-corrected chi connectivity index (χ2v) is 8.42. The molecule has 0 saturated heterocycles. The van der Waals surface area contributed by atoms with Gasteiger partial charge in [0.25, 0.3) is 0 Å². The molecule has 20 heavy (non-hydrogen) atoms. The van der Waals surface area contributed by atoms with Crippen molar-refractivity contribution in [2.24, 2.45) is 5.92 Å². The predicted molar refractivity (Wildman–Crippen MR) is 98.7 cm³/mol. The van der Waals surface area contributed by atoms with Gasteiger partial charge in [-0.3, -0.25) is 0 Å². The molecule has 0 heterocycles.